The summed E-state index contributed by atoms with van der Waals surface area (Å²) in [7, 11) is 0. The van der Waals surface area contributed by atoms with E-state index in [0.717, 1.165) is 25.2 Å². The van der Waals surface area contributed by atoms with Crippen molar-refractivity contribution >= 4 is 23.2 Å². The maximum absolute atomic E-state index is 4.72. The fourth-order valence-corrected chi connectivity index (χ4v) is 3.13. The van der Waals surface area contributed by atoms with E-state index >= 15 is 0 Å². The Morgan fingerprint density at radius 1 is 1.36 bits per heavy atom. The molecule has 0 saturated carbocycles. The Morgan fingerprint density at radius 2 is 2.29 bits per heavy atom. The van der Waals surface area contributed by atoms with Gasteiger partial charge in [-0.25, -0.2) is 0 Å². The number of piperidine rings is 1. The molecule has 0 radical (unpaired) electrons. The average molecular weight is 204 g/mol. The Labute approximate surface area is 87.8 Å². The van der Waals surface area contributed by atoms with Crippen molar-refractivity contribution in [3.63, 3.8) is 0 Å². The zero-order valence-corrected chi connectivity index (χ0v) is 8.68. The molecule has 3 heteroatoms. The molecule has 2 aliphatic heterocycles. The van der Waals surface area contributed by atoms with Gasteiger partial charge in [0, 0.05) is 23.7 Å². The molecule has 1 unspecified atom stereocenters. The van der Waals surface area contributed by atoms with E-state index < -0.39 is 0 Å². The van der Waals surface area contributed by atoms with Crippen LogP contribution in [0.25, 0.3) is 0 Å². The van der Waals surface area contributed by atoms with Crippen LogP contribution in [-0.4, -0.2) is 24.1 Å². The number of nitrogens with one attached hydrogen (secondary N) is 1. The molecule has 1 saturated heterocycles. The van der Waals surface area contributed by atoms with Crippen LogP contribution in [0.1, 0.15) is 6.42 Å². The highest BCUT2D eigenvalue weighted by molar-refractivity contribution is 8.01. The largest absolute Gasteiger partial charge is 0.315 e. The fraction of sp³-hybridized carbons (Fsp3) is 0.364. The highest BCUT2D eigenvalue weighted by Gasteiger charge is 2.25. The smallest absolute Gasteiger partial charge is 0.0765 e. The van der Waals surface area contributed by atoms with Gasteiger partial charge in [-0.3, -0.25) is 4.99 Å². The molecule has 1 fully saturated rings. The molecule has 2 heterocycles. The van der Waals surface area contributed by atoms with E-state index in [1.807, 2.05) is 11.8 Å². The molecule has 1 N–H and O–H groups in total. The van der Waals surface area contributed by atoms with Crippen LogP contribution in [0.15, 0.2) is 34.2 Å². The second-order valence-electron chi connectivity index (χ2n) is 3.63. The van der Waals surface area contributed by atoms with Crippen LogP contribution >= 0.6 is 11.8 Å². The van der Waals surface area contributed by atoms with Crippen molar-refractivity contribution in [3.05, 3.63) is 24.3 Å². The van der Waals surface area contributed by atoms with Gasteiger partial charge in [0.15, 0.2) is 0 Å². The summed E-state index contributed by atoms with van der Waals surface area (Å²) in [6.07, 6.45) is 1.10. The van der Waals surface area contributed by atoms with Crippen molar-refractivity contribution in [3.8, 4) is 0 Å². The average Bonchev–Trinajstić information content (AvgIpc) is 2.26. The second-order valence-corrected chi connectivity index (χ2v) is 4.88. The van der Waals surface area contributed by atoms with Crippen LogP contribution in [-0.2, 0) is 0 Å². The second kappa shape index (κ2) is 3.41. The molecule has 2 aliphatic rings. The molecule has 2 nitrogen and oxygen atoms in total. The van der Waals surface area contributed by atoms with Gasteiger partial charge in [0.1, 0.15) is 0 Å². The maximum Gasteiger partial charge on any atom is 0.0765 e. The lowest BCUT2D eigenvalue weighted by molar-refractivity contribution is 0.677. The van der Waals surface area contributed by atoms with Crippen molar-refractivity contribution in [1.29, 1.82) is 0 Å². The van der Waals surface area contributed by atoms with E-state index in [-0.39, 0.29) is 0 Å². The van der Waals surface area contributed by atoms with Gasteiger partial charge in [-0.1, -0.05) is 12.1 Å². The van der Waals surface area contributed by atoms with Crippen LogP contribution in [0.4, 0.5) is 5.69 Å². The number of benzene rings is 1. The van der Waals surface area contributed by atoms with E-state index in [0.29, 0.717) is 5.25 Å². The summed E-state index contributed by atoms with van der Waals surface area (Å²) in [6, 6.07) is 8.41. The lowest BCUT2D eigenvalue weighted by Crippen LogP contribution is -2.39. The molecule has 0 spiro atoms. The molecular formula is C11H12N2S. The van der Waals surface area contributed by atoms with Gasteiger partial charge in [-0.2, -0.15) is 0 Å². The highest BCUT2D eigenvalue weighted by Crippen LogP contribution is 2.38. The molecule has 1 aromatic carbocycles. The Morgan fingerprint density at radius 3 is 3.29 bits per heavy atom. The Balaban J connectivity index is 2.03. The summed E-state index contributed by atoms with van der Waals surface area (Å²) in [6.45, 7) is 2.15. The van der Waals surface area contributed by atoms with E-state index in [2.05, 4.69) is 29.6 Å². The van der Waals surface area contributed by atoms with Crippen molar-refractivity contribution in [2.24, 2.45) is 4.99 Å². The molecular weight excluding hydrogens is 192 g/mol. The Kier molecular flexibility index (Phi) is 2.07. The topological polar surface area (TPSA) is 24.4 Å². The Hall–Kier alpha value is -0.800. The van der Waals surface area contributed by atoms with Crippen molar-refractivity contribution in [1.82, 2.24) is 5.32 Å². The standard InChI is InChI=1S/C11H12N2S/c1-2-4-10-8(3-1)13-9-5-6-12-7-11(9)14-10/h1-4,11-12H,5-7H2. The summed E-state index contributed by atoms with van der Waals surface area (Å²) in [5.74, 6) is 0. The SMILES string of the molecule is c1ccc2c(c1)N=C1CCNCC1S2. The molecule has 0 amide bonds. The number of hydrogen-bond donors (Lipinski definition) is 1. The summed E-state index contributed by atoms with van der Waals surface area (Å²) < 4.78 is 0. The van der Waals surface area contributed by atoms with Gasteiger partial charge in [-0.15, -0.1) is 11.8 Å². The molecule has 1 atom stereocenters. The Bertz CT molecular complexity index is 387. The number of nitrogens with zero attached hydrogens (tertiary/aromatic N) is 1. The fourth-order valence-electron chi connectivity index (χ4n) is 1.92. The van der Waals surface area contributed by atoms with Crippen LogP contribution in [0.2, 0.25) is 0 Å². The monoisotopic (exact) mass is 204 g/mol. The lowest BCUT2D eigenvalue weighted by atomic mass is 10.1. The normalized spacial score (nSPS) is 24.9. The third kappa shape index (κ3) is 1.37. The zero-order valence-electron chi connectivity index (χ0n) is 7.86. The summed E-state index contributed by atoms with van der Waals surface area (Å²) in [4.78, 5) is 6.05. The molecule has 72 valence electrons. The first-order valence-corrected chi connectivity index (χ1v) is 5.85. The van der Waals surface area contributed by atoms with E-state index in [1.165, 1.54) is 10.6 Å². The number of thioether (sulfide) groups is 1. The third-order valence-corrected chi connectivity index (χ3v) is 3.98. The minimum Gasteiger partial charge on any atom is -0.315 e. The summed E-state index contributed by atoms with van der Waals surface area (Å²) >= 11 is 1.95. The van der Waals surface area contributed by atoms with Gasteiger partial charge in [0.2, 0.25) is 0 Å². The first kappa shape index (κ1) is 8.50. The number of para-hydroxylation sites is 1. The first-order valence-electron chi connectivity index (χ1n) is 4.97. The van der Waals surface area contributed by atoms with Crippen molar-refractivity contribution < 1.29 is 0 Å². The molecule has 0 aliphatic carbocycles. The van der Waals surface area contributed by atoms with Gasteiger partial charge < -0.3 is 5.32 Å². The van der Waals surface area contributed by atoms with E-state index in [4.69, 9.17) is 4.99 Å². The van der Waals surface area contributed by atoms with E-state index in [9.17, 15) is 0 Å². The summed E-state index contributed by atoms with van der Waals surface area (Å²) in [5.41, 5.74) is 2.53. The maximum atomic E-state index is 4.72. The van der Waals surface area contributed by atoms with Gasteiger partial charge in [0.05, 0.1) is 10.9 Å². The van der Waals surface area contributed by atoms with Gasteiger partial charge >= 0.3 is 0 Å². The van der Waals surface area contributed by atoms with Crippen LogP contribution in [0.5, 0.6) is 0 Å². The third-order valence-electron chi connectivity index (χ3n) is 2.66. The van der Waals surface area contributed by atoms with Gasteiger partial charge in [0.25, 0.3) is 0 Å². The number of aliphatic imine (C=N–C) groups is 1. The van der Waals surface area contributed by atoms with Gasteiger partial charge in [-0.05, 0) is 18.6 Å². The predicted octanol–water partition coefficient (Wildman–Crippen LogP) is 2.23. The molecule has 14 heavy (non-hydrogen) atoms. The summed E-state index contributed by atoms with van der Waals surface area (Å²) in [5, 5.41) is 3.98. The van der Waals surface area contributed by atoms with Crippen molar-refractivity contribution in [2.75, 3.05) is 13.1 Å². The molecule has 0 bridgehead atoms. The predicted molar refractivity (Wildman–Crippen MR) is 60.7 cm³/mol. The van der Waals surface area contributed by atoms with Crippen molar-refractivity contribution in [2.45, 2.75) is 16.6 Å². The quantitative estimate of drug-likeness (QED) is 0.701. The number of rotatable bonds is 0. The van der Waals surface area contributed by atoms with E-state index in [1.54, 1.807) is 0 Å². The molecule has 1 aromatic rings. The lowest BCUT2D eigenvalue weighted by Gasteiger charge is -2.28. The van der Waals surface area contributed by atoms with Crippen LogP contribution < -0.4 is 5.32 Å². The molecule has 3 rings (SSSR count). The highest BCUT2D eigenvalue weighted by atomic mass is 32.2. The number of hydrogen-bond acceptors (Lipinski definition) is 3. The first-order chi connectivity index (χ1) is 6.93. The van der Waals surface area contributed by atoms with Crippen LogP contribution in [0.3, 0.4) is 0 Å². The minimum atomic E-state index is 0.568. The molecule has 0 aromatic heterocycles. The number of fused-ring (bicyclic) bond motifs is 2. The van der Waals surface area contributed by atoms with Crippen LogP contribution in [0, 0.1) is 0 Å². The zero-order chi connectivity index (χ0) is 9.38. The minimum absolute atomic E-state index is 0.568.